The zero-order valence-corrected chi connectivity index (χ0v) is 40.3. The maximum absolute atomic E-state index is 12.8. The molecule has 0 bridgehead atoms. The Labute approximate surface area is 361 Å². The van der Waals surface area contributed by atoms with Gasteiger partial charge >= 0.3 is 11.9 Å². The Bertz CT molecular complexity index is 969. The number of hydrogen-bond donors (Lipinski definition) is 0. The van der Waals surface area contributed by atoms with Crippen molar-refractivity contribution in [3.05, 3.63) is 0 Å². The van der Waals surface area contributed by atoms with Gasteiger partial charge in [0.15, 0.2) is 0 Å². The van der Waals surface area contributed by atoms with Crippen molar-refractivity contribution < 1.29 is 27.5 Å². The van der Waals surface area contributed by atoms with Gasteiger partial charge in [-0.25, -0.2) is 12.7 Å². The molecule has 0 aliphatic carbocycles. The van der Waals surface area contributed by atoms with Crippen LogP contribution in [0.15, 0.2) is 0 Å². The lowest BCUT2D eigenvalue weighted by Crippen LogP contribution is -2.32. The molecule has 0 spiro atoms. The van der Waals surface area contributed by atoms with E-state index in [1.54, 1.807) is 7.05 Å². The molecule has 334 valence electrons. The topological polar surface area (TPSA) is 93.2 Å². The van der Waals surface area contributed by atoms with Crippen LogP contribution in [0.2, 0.25) is 0 Å². The third-order valence-corrected chi connectivity index (χ3v) is 13.2. The molecular formula is C46H91IN2O6S. The second-order valence-corrected chi connectivity index (χ2v) is 19.7. The van der Waals surface area contributed by atoms with Gasteiger partial charge < -0.3 is 14.4 Å². The molecule has 0 aliphatic heterocycles. The highest BCUT2D eigenvalue weighted by molar-refractivity contribution is 14.1. The number of carbonyl (C=O) groups excluding carboxylic acids is 2. The zero-order valence-electron chi connectivity index (χ0n) is 37.3. The van der Waals surface area contributed by atoms with Gasteiger partial charge in [-0.2, -0.15) is 0 Å². The smallest absolute Gasteiger partial charge is 0.306 e. The van der Waals surface area contributed by atoms with E-state index in [0.29, 0.717) is 26.0 Å². The fourth-order valence-corrected chi connectivity index (χ4v) is 8.26. The highest BCUT2D eigenvalue weighted by Gasteiger charge is 2.15. The zero-order chi connectivity index (χ0) is 41.4. The van der Waals surface area contributed by atoms with Crippen LogP contribution in [0.4, 0.5) is 0 Å². The summed E-state index contributed by atoms with van der Waals surface area (Å²) in [7, 11) is -1.50. The fourth-order valence-electron chi connectivity index (χ4n) is 7.26. The average molecular weight is 927 g/mol. The summed E-state index contributed by atoms with van der Waals surface area (Å²) in [5.74, 6) is -0.0536. The molecule has 0 saturated heterocycles. The van der Waals surface area contributed by atoms with Gasteiger partial charge in [0.2, 0.25) is 10.0 Å². The minimum absolute atomic E-state index is 0.00475. The minimum Gasteiger partial charge on any atom is -0.466 e. The summed E-state index contributed by atoms with van der Waals surface area (Å²) < 4.78 is 37.9. The first-order valence-corrected chi connectivity index (χ1v) is 27.1. The molecule has 1 unspecified atom stereocenters. The largest absolute Gasteiger partial charge is 0.466 e. The number of halogens is 1. The number of sulfonamides is 1. The standard InChI is InChI=1S/C46H91IN2O6S/c1-5-7-9-11-13-24-32-43-54-45(50)36-27-19-15-22-30-40-49(42-33-39-48(3)56(4,52)53)41-31-23-16-20-28-37-46(51)55-44(34-25-17-12-10-8-6-2)35-26-18-14-21-29-38-47/h44H,5-43H2,1-4H3. The van der Waals surface area contributed by atoms with Crippen molar-refractivity contribution in [1.29, 1.82) is 0 Å². The summed E-state index contributed by atoms with van der Waals surface area (Å²) in [4.78, 5) is 27.4. The highest BCUT2D eigenvalue weighted by Crippen LogP contribution is 2.19. The highest BCUT2D eigenvalue weighted by atomic mass is 127. The molecule has 0 radical (unpaired) electrons. The Morgan fingerprint density at radius 2 is 0.929 bits per heavy atom. The van der Waals surface area contributed by atoms with Crippen molar-refractivity contribution in [1.82, 2.24) is 9.21 Å². The number of alkyl halides is 1. The number of nitrogens with zero attached hydrogens (tertiary/aromatic N) is 2. The van der Waals surface area contributed by atoms with Crippen LogP contribution < -0.4 is 0 Å². The molecule has 0 aliphatic rings. The number of unbranched alkanes of at least 4 members (excludes halogenated alkanes) is 23. The van der Waals surface area contributed by atoms with E-state index in [1.807, 2.05) is 0 Å². The van der Waals surface area contributed by atoms with Crippen LogP contribution in [0.3, 0.4) is 0 Å². The summed E-state index contributed by atoms with van der Waals surface area (Å²) in [5.41, 5.74) is 0. The fraction of sp³-hybridized carbons (Fsp3) is 0.957. The van der Waals surface area contributed by atoms with Crippen molar-refractivity contribution in [3.8, 4) is 0 Å². The van der Waals surface area contributed by atoms with E-state index in [2.05, 4.69) is 41.3 Å². The van der Waals surface area contributed by atoms with E-state index < -0.39 is 10.0 Å². The second-order valence-electron chi connectivity index (χ2n) is 16.6. The first-order chi connectivity index (χ1) is 27.1. The molecule has 0 heterocycles. The lowest BCUT2D eigenvalue weighted by molar-refractivity contribution is -0.150. The summed E-state index contributed by atoms with van der Waals surface area (Å²) in [6, 6.07) is 0. The van der Waals surface area contributed by atoms with Crippen molar-refractivity contribution in [3.63, 3.8) is 0 Å². The van der Waals surface area contributed by atoms with Crippen LogP contribution in [-0.2, 0) is 29.1 Å². The second kappa shape index (κ2) is 41.3. The summed E-state index contributed by atoms with van der Waals surface area (Å²) in [5, 5.41) is 0. The predicted molar refractivity (Wildman–Crippen MR) is 247 cm³/mol. The van der Waals surface area contributed by atoms with Gasteiger partial charge in [0, 0.05) is 26.4 Å². The molecule has 8 nitrogen and oxygen atoms in total. The number of carbonyl (C=O) groups is 2. The van der Waals surface area contributed by atoms with Gasteiger partial charge in [0.1, 0.15) is 6.10 Å². The number of hydrogen-bond acceptors (Lipinski definition) is 7. The molecule has 0 amide bonds. The summed E-state index contributed by atoms with van der Waals surface area (Å²) in [6.45, 7) is 8.54. The van der Waals surface area contributed by atoms with E-state index >= 15 is 0 Å². The van der Waals surface area contributed by atoms with Crippen LogP contribution >= 0.6 is 22.6 Å². The van der Waals surface area contributed by atoms with E-state index in [0.717, 1.165) is 122 Å². The molecule has 0 rings (SSSR count). The summed E-state index contributed by atoms with van der Waals surface area (Å²) in [6.07, 6.45) is 38.5. The van der Waals surface area contributed by atoms with E-state index in [9.17, 15) is 18.0 Å². The van der Waals surface area contributed by atoms with Crippen molar-refractivity contribution in [2.75, 3.05) is 50.5 Å². The maximum atomic E-state index is 12.8. The molecule has 1 atom stereocenters. The molecule has 0 aromatic rings. The number of rotatable bonds is 44. The van der Waals surface area contributed by atoms with Gasteiger partial charge in [0.25, 0.3) is 0 Å². The van der Waals surface area contributed by atoms with Crippen molar-refractivity contribution >= 4 is 44.6 Å². The molecular weight excluding hydrogens is 835 g/mol. The van der Waals surface area contributed by atoms with E-state index in [4.69, 9.17) is 9.47 Å². The predicted octanol–water partition coefficient (Wildman–Crippen LogP) is 13.0. The van der Waals surface area contributed by atoms with E-state index in [1.165, 1.54) is 111 Å². The SMILES string of the molecule is CCCCCCCCCOC(=O)CCCCCCCN(CCCCCCCC(=O)OC(CCCCCCCC)CCCCCCCI)CCCN(C)S(C)(=O)=O. The molecule has 0 aromatic carbocycles. The first kappa shape index (κ1) is 55.5. The molecule has 0 N–H and O–H groups in total. The molecule has 0 saturated carbocycles. The van der Waals surface area contributed by atoms with Crippen LogP contribution in [0.1, 0.15) is 226 Å². The van der Waals surface area contributed by atoms with Crippen LogP contribution in [0, 0.1) is 0 Å². The molecule has 0 aromatic heterocycles. The Morgan fingerprint density at radius 1 is 0.518 bits per heavy atom. The van der Waals surface area contributed by atoms with Crippen molar-refractivity contribution in [2.24, 2.45) is 0 Å². The molecule has 56 heavy (non-hydrogen) atoms. The third-order valence-electron chi connectivity index (χ3n) is 11.1. The lowest BCUT2D eigenvalue weighted by atomic mass is 10.0. The maximum Gasteiger partial charge on any atom is 0.306 e. The quantitative estimate of drug-likeness (QED) is 0.0260. The minimum atomic E-state index is -3.16. The average Bonchev–Trinajstić information content (AvgIpc) is 3.16. The summed E-state index contributed by atoms with van der Waals surface area (Å²) >= 11 is 2.46. The normalized spacial score (nSPS) is 12.5. The molecule has 0 fully saturated rings. The van der Waals surface area contributed by atoms with Crippen LogP contribution in [-0.4, -0.2) is 86.2 Å². The van der Waals surface area contributed by atoms with Crippen molar-refractivity contribution in [2.45, 2.75) is 232 Å². The Morgan fingerprint density at radius 3 is 1.43 bits per heavy atom. The first-order valence-electron chi connectivity index (χ1n) is 23.7. The van der Waals surface area contributed by atoms with Gasteiger partial charge in [0.05, 0.1) is 12.9 Å². The number of ether oxygens (including phenoxy) is 2. The number of esters is 2. The van der Waals surface area contributed by atoms with Gasteiger partial charge in [-0.3, -0.25) is 9.59 Å². The monoisotopic (exact) mass is 927 g/mol. The van der Waals surface area contributed by atoms with Gasteiger partial charge in [-0.05, 0) is 94.7 Å². The Kier molecular flexibility index (Phi) is 40.9. The van der Waals surface area contributed by atoms with Crippen LogP contribution in [0.25, 0.3) is 0 Å². The van der Waals surface area contributed by atoms with E-state index in [-0.39, 0.29) is 18.0 Å². The Balaban J connectivity index is 4.39. The van der Waals surface area contributed by atoms with Gasteiger partial charge in [-0.15, -0.1) is 0 Å². The Hall–Kier alpha value is -0.460. The lowest BCUT2D eigenvalue weighted by Gasteiger charge is -2.23. The molecule has 10 heteroatoms. The third kappa shape index (κ3) is 39.0. The van der Waals surface area contributed by atoms with Crippen LogP contribution in [0.5, 0.6) is 0 Å². The van der Waals surface area contributed by atoms with Gasteiger partial charge in [-0.1, -0.05) is 165 Å².